The van der Waals surface area contributed by atoms with Crippen molar-refractivity contribution in [2.24, 2.45) is 0 Å². The van der Waals surface area contributed by atoms with Crippen LogP contribution >= 0.6 is 0 Å². The van der Waals surface area contributed by atoms with Crippen molar-refractivity contribution in [2.45, 2.75) is 69.6 Å². The molecule has 44 heavy (non-hydrogen) atoms. The first-order chi connectivity index (χ1) is 20.6. The summed E-state index contributed by atoms with van der Waals surface area (Å²) in [5.41, 5.74) is -1.09. The number of amides is 1. The van der Waals surface area contributed by atoms with Crippen molar-refractivity contribution < 1.29 is 45.4 Å². The van der Waals surface area contributed by atoms with Gasteiger partial charge in [-0.1, -0.05) is 0 Å². The minimum Gasteiger partial charge on any atom is -0.480 e. The average Bonchev–Trinajstić information content (AvgIpc) is 3.32. The van der Waals surface area contributed by atoms with Crippen molar-refractivity contribution in [3.8, 4) is 0 Å². The highest BCUT2D eigenvalue weighted by atomic mass is 19.4. The molecule has 3 aliphatic heterocycles. The van der Waals surface area contributed by atoms with Gasteiger partial charge in [-0.3, -0.25) is 9.69 Å². The zero-order valence-electron chi connectivity index (χ0n) is 24.3. The summed E-state index contributed by atoms with van der Waals surface area (Å²) in [5.74, 6) is -0.884. The molecular formula is C30H35F7N4O3. The lowest BCUT2D eigenvalue weighted by molar-refractivity contribution is -0.143. The Morgan fingerprint density at radius 1 is 0.932 bits per heavy atom. The molecule has 3 aliphatic rings. The first kappa shape index (κ1) is 33.5. The zero-order valence-corrected chi connectivity index (χ0v) is 24.3. The van der Waals surface area contributed by atoms with Crippen LogP contribution in [0, 0.1) is 12.7 Å². The Labute approximate surface area is 250 Å². The summed E-state index contributed by atoms with van der Waals surface area (Å²) < 4.78 is 87.8. The monoisotopic (exact) mass is 632 g/mol. The molecular weight excluding hydrogens is 597 g/mol. The average molecular weight is 633 g/mol. The smallest absolute Gasteiger partial charge is 0.416 e. The summed E-state index contributed by atoms with van der Waals surface area (Å²) >= 11 is 0. The molecule has 2 aromatic rings. The number of piperidine rings is 1. The Morgan fingerprint density at radius 2 is 1.59 bits per heavy atom. The van der Waals surface area contributed by atoms with Crippen molar-refractivity contribution in [2.75, 3.05) is 38.1 Å². The molecule has 2 aromatic carbocycles. The zero-order chi connectivity index (χ0) is 32.4. The van der Waals surface area contributed by atoms with E-state index in [1.54, 1.807) is 6.07 Å². The predicted octanol–water partition coefficient (Wildman–Crippen LogP) is 5.31. The van der Waals surface area contributed by atoms with E-state index in [2.05, 4.69) is 10.2 Å². The standard InChI is InChI=1S/C20H26FN3O3.C10H9F6N/c1-13-10-14(21)2-4-17(13)24-7-6-15(11-18(24)20(26)27)22-8-9-23-16(12-22)3-5-19(23)25;1-17-5-6-2-7(9(11,12)13)4-8(3-6)10(14,15)16/h2,4,10,15-16,18H,3,5-9,11-12H2,1H3,(H,26,27);2-4,17H,5H2,1H3. The molecule has 3 fully saturated rings. The molecule has 242 valence electrons. The van der Waals surface area contributed by atoms with Crippen LogP contribution in [-0.4, -0.2) is 78.1 Å². The van der Waals surface area contributed by atoms with Gasteiger partial charge in [-0.2, -0.15) is 26.3 Å². The molecule has 0 aromatic heterocycles. The maximum atomic E-state index is 13.4. The van der Waals surface area contributed by atoms with Crippen molar-refractivity contribution in [1.29, 1.82) is 0 Å². The first-order valence-electron chi connectivity index (χ1n) is 14.3. The van der Waals surface area contributed by atoms with Crippen molar-refractivity contribution >= 4 is 17.6 Å². The van der Waals surface area contributed by atoms with Crippen LogP contribution in [0.5, 0.6) is 0 Å². The molecule has 14 heteroatoms. The molecule has 1 amide bonds. The number of aryl methyl sites for hydroxylation is 1. The quantitative estimate of drug-likeness (QED) is 0.436. The maximum absolute atomic E-state index is 13.4. The SMILES string of the molecule is CNCc1cc(C(F)(F)F)cc(C(F)(F)F)c1.Cc1cc(F)ccc1N1CCC(N2CCN3C(=O)CCC3C2)CC1C(=O)O. The number of carbonyl (C=O) groups is 2. The second-order valence-corrected chi connectivity index (χ2v) is 11.4. The summed E-state index contributed by atoms with van der Waals surface area (Å²) in [5, 5.41) is 12.3. The summed E-state index contributed by atoms with van der Waals surface area (Å²) in [7, 11) is 1.44. The number of carbonyl (C=O) groups excluding carboxylic acids is 1. The fraction of sp³-hybridized carbons (Fsp3) is 0.533. The number of piperazine rings is 1. The second kappa shape index (κ2) is 13.3. The van der Waals surface area contributed by atoms with E-state index in [0.717, 1.165) is 43.7 Å². The number of anilines is 1. The van der Waals surface area contributed by atoms with E-state index in [0.29, 0.717) is 31.5 Å². The van der Waals surface area contributed by atoms with E-state index in [9.17, 15) is 45.4 Å². The number of halogens is 7. The summed E-state index contributed by atoms with van der Waals surface area (Å²) in [4.78, 5) is 30.1. The Balaban J connectivity index is 0.000000225. The number of benzene rings is 2. The summed E-state index contributed by atoms with van der Waals surface area (Å²) in [6.07, 6.45) is -6.61. The van der Waals surface area contributed by atoms with Crippen molar-refractivity contribution in [3.05, 3.63) is 64.5 Å². The molecule has 5 rings (SSSR count). The lowest BCUT2D eigenvalue weighted by Gasteiger charge is -2.47. The number of hydrogen-bond donors (Lipinski definition) is 2. The molecule has 0 radical (unpaired) electrons. The molecule has 0 aliphatic carbocycles. The normalized spacial score (nSPS) is 22.8. The number of rotatable bonds is 5. The first-order valence-corrected chi connectivity index (χ1v) is 14.3. The van der Waals surface area contributed by atoms with Gasteiger partial charge in [-0.15, -0.1) is 0 Å². The highest BCUT2D eigenvalue weighted by Gasteiger charge is 2.41. The third-order valence-corrected chi connectivity index (χ3v) is 8.40. The fourth-order valence-electron chi connectivity index (χ4n) is 6.29. The topological polar surface area (TPSA) is 76.1 Å². The maximum Gasteiger partial charge on any atom is 0.416 e. The van der Waals surface area contributed by atoms with Gasteiger partial charge in [-0.25, -0.2) is 9.18 Å². The van der Waals surface area contributed by atoms with Crippen LogP contribution in [0.3, 0.4) is 0 Å². The van der Waals surface area contributed by atoms with Gasteiger partial charge < -0.3 is 20.2 Å². The van der Waals surface area contributed by atoms with E-state index < -0.39 is 35.5 Å². The molecule has 0 bridgehead atoms. The van der Waals surface area contributed by atoms with Crippen molar-refractivity contribution in [3.63, 3.8) is 0 Å². The molecule has 0 spiro atoms. The van der Waals surface area contributed by atoms with E-state index in [1.165, 1.54) is 19.2 Å². The molecule has 3 saturated heterocycles. The van der Waals surface area contributed by atoms with Crippen molar-refractivity contribution in [1.82, 2.24) is 15.1 Å². The number of carboxylic acids is 1. The molecule has 3 unspecified atom stereocenters. The number of fused-ring (bicyclic) bond motifs is 1. The molecule has 3 atom stereocenters. The number of nitrogens with one attached hydrogen (secondary N) is 1. The minimum absolute atomic E-state index is 0.0605. The lowest BCUT2D eigenvalue weighted by atomic mass is 9.93. The molecule has 7 nitrogen and oxygen atoms in total. The predicted molar refractivity (Wildman–Crippen MR) is 148 cm³/mol. The van der Waals surface area contributed by atoms with Gasteiger partial charge in [0.1, 0.15) is 11.9 Å². The van der Waals surface area contributed by atoms with E-state index >= 15 is 0 Å². The molecule has 0 saturated carbocycles. The van der Waals surface area contributed by atoms with Crippen LogP contribution in [-0.2, 0) is 28.5 Å². The third-order valence-electron chi connectivity index (χ3n) is 8.40. The molecule has 2 N–H and O–H groups in total. The van der Waals surface area contributed by atoms with Gasteiger partial charge in [0, 0.05) is 56.9 Å². The number of aliphatic carboxylic acids is 1. The Kier molecular flexibility index (Phi) is 10.1. The Morgan fingerprint density at radius 3 is 2.16 bits per heavy atom. The van der Waals surface area contributed by atoms with Crippen LogP contribution in [0.4, 0.5) is 36.4 Å². The largest absolute Gasteiger partial charge is 0.480 e. The van der Waals surface area contributed by atoms with Gasteiger partial charge >= 0.3 is 18.3 Å². The van der Waals surface area contributed by atoms with Gasteiger partial charge in [0.25, 0.3) is 0 Å². The van der Waals surface area contributed by atoms with Crippen LogP contribution < -0.4 is 10.2 Å². The van der Waals surface area contributed by atoms with E-state index in [4.69, 9.17) is 0 Å². The Bertz CT molecular complexity index is 1320. The van der Waals surface area contributed by atoms with Gasteiger partial charge in [-0.05, 0) is 80.8 Å². The second-order valence-electron chi connectivity index (χ2n) is 11.4. The summed E-state index contributed by atoms with van der Waals surface area (Å²) in [6.45, 7) is 4.80. The van der Waals surface area contributed by atoms with Crippen LogP contribution in [0.15, 0.2) is 36.4 Å². The lowest BCUT2D eigenvalue weighted by Crippen LogP contribution is -2.59. The van der Waals surface area contributed by atoms with Crippen LogP contribution in [0.2, 0.25) is 0 Å². The van der Waals surface area contributed by atoms with Gasteiger partial charge in [0.15, 0.2) is 0 Å². The third kappa shape index (κ3) is 7.81. The van der Waals surface area contributed by atoms with Gasteiger partial charge in [0.2, 0.25) is 5.91 Å². The number of nitrogens with zero attached hydrogens (tertiary/aromatic N) is 3. The molecule has 3 heterocycles. The van der Waals surface area contributed by atoms with Crippen LogP contribution in [0.25, 0.3) is 0 Å². The Hall–Kier alpha value is -3.39. The minimum atomic E-state index is -4.79. The number of carboxylic acid groups (broad SMARTS) is 1. The highest BCUT2D eigenvalue weighted by Crippen LogP contribution is 2.36. The van der Waals surface area contributed by atoms with E-state index in [-0.39, 0.29) is 42.0 Å². The van der Waals surface area contributed by atoms with Crippen LogP contribution in [0.1, 0.15) is 47.9 Å². The van der Waals surface area contributed by atoms with E-state index in [1.807, 2.05) is 16.7 Å². The number of hydrogen-bond acceptors (Lipinski definition) is 5. The number of alkyl halides is 6. The van der Waals surface area contributed by atoms with Gasteiger partial charge in [0.05, 0.1) is 11.1 Å². The fourth-order valence-corrected chi connectivity index (χ4v) is 6.29. The summed E-state index contributed by atoms with van der Waals surface area (Å²) in [6, 6.07) is 5.92. The highest BCUT2D eigenvalue weighted by molar-refractivity contribution is 5.79.